The lowest BCUT2D eigenvalue weighted by atomic mass is 10.4. The smallest absolute Gasteiger partial charge is 0.294 e. The molecule has 0 aliphatic rings. The van der Waals surface area contributed by atoms with Gasteiger partial charge in [-0.15, -0.1) is 0 Å². The maximum Gasteiger partial charge on any atom is 0.467 e. The topological polar surface area (TPSA) is 34.1 Å². The molecule has 2 nitrogen and oxygen atoms in total. The Hall–Kier alpha value is -0.310. The molecule has 0 aliphatic heterocycles. The van der Waals surface area contributed by atoms with Gasteiger partial charge in [0.25, 0.3) is 5.75 Å². The van der Waals surface area contributed by atoms with Gasteiger partial charge in [0, 0.05) is 10.6 Å². The third-order valence-electron chi connectivity index (χ3n) is 0.614. The Labute approximate surface area is 46.4 Å². The van der Waals surface area contributed by atoms with E-state index >= 15 is 0 Å². The molecule has 0 aromatic heterocycles. The van der Waals surface area contributed by atoms with Crippen LogP contribution in [0.3, 0.4) is 0 Å². The maximum atomic E-state index is 10.2. The van der Waals surface area contributed by atoms with Crippen molar-refractivity contribution in [3.05, 3.63) is 0 Å². The van der Waals surface area contributed by atoms with E-state index in [1.165, 1.54) is 0 Å². The predicted octanol–water partition coefficient (Wildman–Crippen LogP) is 0.394. The van der Waals surface area contributed by atoms with Gasteiger partial charge in [0.05, 0.1) is 0 Å². The molecule has 0 aliphatic carbocycles. The molecule has 0 saturated carbocycles. The molecule has 3 heteroatoms. The first-order chi connectivity index (χ1) is 3.31. The molecule has 0 bridgehead atoms. The lowest BCUT2D eigenvalue weighted by Gasteiger charge is -1.72. The molecule has 0 aromatic carbocycles. The summed E-state index contributed by atoms with van der Waals surface area (Å²) in [5, 5.41) is 0. The monoisotopic (exact) mass is 119 g/mol. The Bertz CT molecular complexity index is 79.8. The quantitative estimate of drug-likeness (QED) is 0.504. The lowest BCUT2D eigenvalue weighted by Crippen LogP contribution is -1.99. The highest BCUT2D eigenvalue weighted by Gasteiger charge is 2.05. The Kier molecular flexibility index (Phi) is 3.69. The first-order valence-electron chi connectivity index (χ1n) is 2.07. The molecular formula is C4H7O2S+. The van der Waals surface area contributed by atoms with E-state index in [0.717, 1.165) is 0 Å². The van der Waals surface area contributed by atoms with Crippen LogP contribution in [0.1, 0.15) is 13.3 Å². The zero-order valence-corrected chi connectivity index (χ0v) is 4.96. The highest BCUT2D eigenvalue weighted by molar-refractivity contribution is 7.66. The third-order valence-corrected chi connectivity index (χ3v) is 1.05. The molecule has 0 radical (unpaired) electrons. The van der Waals surface area contributed by atoms with Gasteiger partial charge < -0.3 is 0 Å². The Morgan fingerprint density at radius 2 is 2.29 bits per heavy atom. The fraction of sp³-hybridized carbons (Fsp3) is 0.750. The van der Waals surface area contributed by atoms with Crippen molar-refractivity contribution >= 4 is 17.4 Å². The van der Waals surface area contributed by atoms with Gasteiger partial charge in [-0.2, -0.15) is 0 Å². The van der Waals surface area contributed by atoms with Crippen molar-refractivity contribution < 1.29 is 9.00 Å². The first kappa shape index (κ1) is 6.69. The van der Waals surface area contributed by atoms with E-state index < -0.39 is 0 Å². The summed E-state index contributed by atoms with van der Waals surface area (Å²) in [5.41, 5.74) is 0. The van der Waals surface area contributed by atoms with Crippen molar-refractivity contribution in [2.75, 3.05) is 5.75 Å². The van der Waals surface area contributed by atoms with Gasteiger partial charge in [0.2, 0.25) is 0 Å². The summed E-state index contributed by atoms with van der Waals surface area (Å²) >= 11 is 0.335. The van der Waals surface area contributed by atoms with Crippen molar-refractivity contribution in [1.29, 1.82) is 0 Å². The second-order valence-corrected chi connectivity index (χ2v) is 1.68. The molecule has 0 amide bonds. The van der Waals surface area contributed by atoms with Gasteiger partial charge in [-0.3, -0.25) is 4.79 Å². The summed E-state index contributed by atoms with van der Waals surface area (Å²) in [4.78, 5) is 10.2. The molecule has 40 valence electrons. The van der Waals surface area contributed by atoms with Crippen molar-refractivity contribution in [2.45, 2.75) is 13.3 Å². The number of rotatable bonds is 3. The van der Waals surface area contributed by atoms with E-state index in [4.69, 9.17) is 0 Å². The summed E-state index contributed by atoms with van der Waals surface area (Å²) in [6.07, 6.45) is 0.481. The van der Waals surface area contributed by atoms with Gasteiger partial charge >= 0.3 is 11.7 Å². The zero-order chi connectivity index (χ0) is 5.70. The second kappa shape index (κ2) is 3.87. The average Bonchev–Trinajstić information content (AvgIpc) is 1.68. The summed E-state index contributed by atoms with van der Waals surface area (Å²) in [6, 6.07) is 0. The Balaban J connectivity index is 3.17. The van der Waals surface area contributed by atoms with Crippen molar-refractivity contribution in [3.63, 3.8) is 0 Å². The SMILES string of the molecule is CCC(=O)C[S+]=O. The predicted molar refractivity (Wildman–Crippen MR) is 28.2 cm³/mol. The van der Waals surface area contributed by atoms with Crippen LogP contribution in [0.2, 0.25) is 0 Å². The molecule has 0 heterocycles. The van der Waals surface area contributed by atoms with Gasteiger partial charge in [-0.1, -0.05) is 6.92 Å². The van der Waals surface area contributed by atoms with Gasteiger partial charge in [0.1, 0.15) is 0 Å². The number of ketones is 1. The molecule has 0 unspecified atom stereocenters. The fourth-order valence-electron chi connectivity index (χ4n) is 0.168. The highest BCUT2D eigenvalue weighted by Crippen LogP contribution is 1.76. The number of carbonyl (C=O) groups is 1. The zero-order valence-electron chi connectivity index (χ0n) is 4.14. The van der Waals surface area contributed by atoms with Crippen LogP contribution in [-0.4, -0.2) is 11.5 Å². The summed E-state index contributed by atoms with van der Waals surface area (Å²) in [5.74, 6) is 0.149. The third kappa shape index (κ3) is 3.52. The van der Waals surface area contributed by atoms with Gasteiger partial charge in [-0.05, 0) is 0 Å². The van der Waals surface area contributed by atoms with Crippen LogP contribution in [0.5, 0.6) is 0 Å². The summed E-state index contributed by atoms with van der Waals surface area (Å²) in [7, 11) is 0. The van der Waals surface area contributed by atoms with E-state index in [1.54, 1.807) is 6.92 Å². The molecule has 0 saturated heterocycles. The van der Waals surface area contributed by atoms with Crippen LogP contribution >= 0.6 is 0 Å². The molecule has 0 aromatic rings. The molecule has 0 spiro atoms. The van der Waals surface area contributed by atoms with Crippen molar-refractivity contribution in [2.24, 2.45) is 0 Å². The van der Waals surface area contributed by atoms with Crippen molar-refractivity contribution in [1.82, 2.24) is 0 Å². The molecule has 0 atom stereocenters. The largest absolute Gasteiger partial charge is 0.467 e. The highest BCUT2D eigenvalue weighted by atomic mass is 32.1. The second-order valence-electron chi connectivity index (χ2n) is 1.15. The first-order valence-corrected chi connectivity index (χ1v) is 2.98. The summed E-state index contributed by atoms with van der Waals surface area (Å²) < 4.78 is 9.60. The average molecular weight is 119 g/mol. The standard InChI is InChI=1S/C4H7O2S/c1-2-4(5)3-7-6/h2-3H2,1H3/q+1. The minimum absolute atomic E-state index is 0.0278. The summed E-state index contributed by atoms with van der Waals surface area (Å²) in [6.45, 7) is 1.75. The van der Waals surface area contributed by atoms with Crippen LogP contribution in [0.4, 0.5) is 0 Å². The molecule has 0 fully saturated rings. The minimum Gasteiger partial charge on any atom is -0.294 e. The van der Waals surface area contributed by atoms with E-state index in [-0.39, 0.29) is 11.5 Å². The van der Waals surface area contributed by atoms with Crippen LogP contribution in [-0.2, 0) is 20.7 Å². The Morgan fingerprint density at radius 1 is 1.71 bits per heavy atom. The Morgan fingerprint density at radius 3 is 2.43 bits per heavy atom. The number of hydrogen-bond donors (Lipinski definition) is 0. The maximum absolute atomic E-state index is 10.2. The van der Waals surface area contributed by atoms with E-state index in [0.29, 0.717) is 18.1 Å². The molecule has 7 heavy (non-hydrogen) atoms. The van der Waals surface area contributed by atoms with E-state index in [9.17, 15) is 9.00 Å². The molecule has 0 N–H and O–H groups in total. The van der Waals surface area contributed by atoms with Crippen LogP contribution in [0.25, 0.3) is 0 Å². The van der Waals surface area contributed by atoms with E-state index in [1.807, 2.05) is 0 Å². The molecule has 0 rings (SSSR count). The molecular weight excluding hydrogens is 112 g/mol. The van der Waals surface area contributed by atoms with Crippen LogP contribution < -0.4 is 0 Å². The lowest BCUT2D eigenvalue weighted by molar-refractivity contribution is -0.116. The minimum atomic E-state index is 0.0278. The van der Waals surface area contributed by atoms with E-state index in [2.05, 4.69) is 0 Å². The number of Topliss-reactive ketones (excluding diaryl/α,β-unsaturated/α-hetero) is 1. The fourth-order valence-corrected chi connectivity index (χ4v) is 0.503. The van der Waals surface area contributed by atoms with Gasteiger partial charge in [0.15, 0.2) is 5.78 Å². The van der Waals surface area contributed by atoms with Crippen LogP contribution in [0, 0.1) is 0 Å². The van der Waals surface area contributed by atoms with Crippen LogP contribution in [0.15, 0.2) is 0 Å². The van der Waals surface area contributed by atoms with Gasteiger partial charge in [-0.25, -0.2) is 0 Å². The normalized spacial score (nSPS) is 8.14. The number of hydrogen-bond acceptors (Lipinski definition) is 2. The van der Waals surface area contributed by atoms with Crippen molar-refractivity contribution in [3.8, 4) is 0 Å². The number of carbonyl (C=O) groups excluding carboxylic acids is 1.